The van der Waals surface area contributed by atoms with Gasteiger partial charge in [0, 0.05) is 22.6 Å². The number of ether oxygens (including phenoxy) is 3. The van der Waals surface area contributed by atoms with Crippen LogP contribution in [0.2, 0.25) is 0 Å². The van der Waals surface area contributed by atoms with Crippen molar-refractivity contribution in [1.82, 2.24) is 0 Å². The Morgan fingerprint density at radius 3 is 2.49 bits per heavy atom. The number of ketones is 1. The summed E-state index contributed by atoms with van der Waals surface area (Å²) in [5.41, 5.74) is 0.181. The second-order valence-electron chi connectivity index (χ2n) is 14.0. The number of phenols is 1. The number of carbonyl (C=O) groups excluding carboxylic acids is 1. The molecule has 4 atom stereocenters. The van der Waals surface area contributed by atoms with Gasteiger partial charge >= 0.3 is 5.97 Å². The third-order valence-electron chi connectivity index (χ3n) is 9.16. The highest BCUT2D eigenvalue weighted by Crippen LogP contribution is 2.53. The number of benzene rings is 1. The molecule has 2 heterocycles. The van der Waals surface area contributed by atoms with Gasteiger partial charge in [-0.2, -0.15) is 0 Å². The van der Waals surface area contributed by atoms with Crippen molar-refractivity contribution in [2.75, 3.05) is 6.61 Å². The molecular weight excluding hydrogens is 576 g/mol. The molecule has 0 fully saturated rings. The predicted molar refractivity (Wildman–Crippen MR) is 172 cm³/mol. The maximum atomic E-state index is 14.0. The van der Waals surface area contributed by atoms with Crippen LogP contribution >= 0.6 is 0 Å². The molecule has 45 heavy (non-hydrogen) atoms. The molecule has 1 aromatic rings. The molecule has 0 saturated carbocycles. The fourth-order valence-electron chi connectivity index (χ4n) is 6.10. The van der Waals surface area contributed by atoms with Crippen LogP contribution in [0.3, 0.4) is 0 Å². The average molecular weight is 625 g/mol. The van der Waals surface area contributed by atoms with E-state index in [1.54, 1.807) is 32.9 Å². The summed E-state index contributed by atoms with van der Waals surface area (Å²) in [6.07, 6.45) is 9.61. The largest absolute Gasteiger partial charge is 0.506 e. The van der Waals surface area contributed by atoms with Crippen molar-refractivity contribution in [1.29, 1.82) is 0 Å². The summed E-state index contributed by atoms with van der Waals surface area (Å²) >= 11 is 0. The Morgan fingerprint density at radius 2 is 1.87 bits per heavy atom. The fraction of sp³-hybridized carbons (Fsp3) is 0.556. The standard InChI is InChI=1S/C36H48O9/c1-20(2)11-12-24-30-23(15-17-36(8,45-30)18-16-26(37)34(4,5)42)29(39)27-28(38)22-13-14-25(31(22)44-32(24)27)35(6,7)43-19-9-10-21(3)33(40)41/h10-11,13,15,17,25-26,31,37,39,42H,9,12,14,16,18-19H2,1-8H3,(H,40,41)/b21-10-/t25-,26?,31?,36+/m0/s1. The number of carbonyl (C=O) groups is 2. The summed E-state index contributed by atoms with van der Waals surface area (Å²) in [6.45, 7) is 14.7. The second kappa shape index (κ2) is 12.8. The number of carboxylic acids is 1. The van der Waals surface area contributed by atoms with Gasteiger partial charge in [-0.25, -0.2) is 4.79 Å². The van der Waals surface area contributed by atoms with E-state index in [1.807, 2.05) is 52.8 Å². The molecule has 1 aliphatic carbocycles. The summed E-state index contributed by atoms with van der Waals surface area (Å²) in [7, 11) is 0. The topological polar surface area (TPSA) is 143 Å². The number of allylic oxidation sites excluding steroid dienone is 3. The van der Waals surface area contributed by atoms with Gasteiger partial charge in [0.25, 0.3) is 0 Å². The molecule has 246 valence electrons. The molecule has 0 saturated heterocycles. The molecule has 0 aromatic heterocycles. The minimum absolute atomic E-state index is 0.122. The molecular formula is C36H48O9. The van der Waals surface area contributed by atoms with Gasteiger partial charge in [-0.1, -0.05) is 23.8 Å². The first-order chi connectivity index (χ1) is 20.9. The first-order valence-electron chi connectivity index (χ1n) is 15.7. The lowest BCUT2D eigenvalue weighted by atomic mass is 9.81. The van der Waals surface area contributed by atoms with Crippen LogP contribution in [0.1, 0.15) is 103 Å². The number of aromatic hydroxyl groups is 1. The summed E-state index contributed by atoms with van der Waals surface area (Å²) < 4.78 is 19.5. The number of aliphatic carboxylic acids is 1. The number of Topliss-reactive ketones (excluding diaryl/α,β-unsaturated/α-hetero) is 1. The molecule has 0 amide bonds. The summed E-state index contributed by atoms with van der Waals surface area (Å²) in [6, 6.07) is 0. The molecule has 3 aliphatic rings. The highest BCUT2D eigenvalue weighted by molar-refractivity contribution is 6.15. The number of aliphatic hydroxyl groups excluding tert-OH is 1. The van der Waals surface area contributed by atoms with E-state index in [2.05, 4.69) is 0 Å². The second-order valence-corrected chi connectivity index (χ2v) is 14.0. The Kier molecular flexibility index (Phi) is 9.79. The highest BCUT2D eigenvalue weighted by Gasteiger charge is 2.49. The van der Waals surface area contributed by atoms with Crippen LogP contribution in [0.15, 0.2) is 41.0 Å². The SMILES string of the molecule is CC(C)=CCc1c2c(c(O)c3c1OC1C(=CC[C@@H]1C(C)(C)OCC/C=C(/C)C(=O)O)C3=O)C=C[C@](C)(CCC(O)C(C)(C)O)O2. The first-order valence-corrected chi connectivity index (χ1v) is 15.7. The number of fused-ring (bicyclic) bond motifs is 3. The molecule has 4 N–H and O–H groups in total. The van der Waals surface area contributed by atoms with E-state index < -0.39 is 35.0 Å². The monoisotopic (exact) mass is 624 g/mol. The van der Waals surface area contributed by atoms with Crippen molar-refractivity contribution in [3.8, 4) is 17.2 Å². The summed E-state index contributed by atoms with van der Waals surface area (Å²) in [4.78, 5) is 25.1. The van der Waals surface area contributed by atoms with Crippen LogP contribution in [-0.4, -0.2) is 67.8 Å². The highest BCUT2D eigenvalue weighted by atomic mass is 16.5. The molecule has 9 heteroatoms. The third kappa shape index (κ3) is 7.21. The van der Waals surface area contributed by atoms with Gasteiger partial charge in [0.05, 0.1) is 29.5 Å². The number of aliphatic hydroxyl groups is 2. The van der Waals surface area contributed by atoms with E-state index in [4.69, 9.17) is 19.3 Å². The van der Waals surface area contributed by atoms with Gasteiger partial charge in [0.15, 0.2) is 5.78 Å². The number of rotatable bonds is 12. The summed E-state index contributed by atoms with van der Waals surface area (Å²) in [5.74, 6) is -0.927. The quantitative estimate of drug-likeness (QED) is 0.124. The number of carboxylic acid groups (broad SMARTS) is 1. The van der Waals surface area contributed by atoms with Crippen molar-refractivity contribution in [2.24, 2.45) is 5.92 Å². The Bertz CT molecular complexity index is 1470. The predicted octanol–water partition coefficient (Wildman–Crippen LogP) is 6.08. The van der Waals surface area contributed by atoms with Gasteiger partial charge in [0.2, 0.25) is 0 Å². The van der Waals surface area contributed by atoms with Crippen molar-refractivity contribution >= 4 is 17.8 Å². The van der Waals surface area contributed by atoms with Crippen LogP contribution in [0.4, 0.5) is 0 Å². The number of phenolic OH excluding ortho intramolecular Hbond substituents is 1. The van der Waals surface area contributed by atoms with Crippen LogP contribution in [0, 0.1) is 5.92 Å². The molecule has 0 bridgehead atoms. The summed E-state index contributed by atoms with van der Waals surface area (Å²) in [5, 5.41) is 41.3. The zero-order valence-electron chi connectivity index (χ0n) is 27.7. The van der Waals surface area contributed by atoms with E-state index in [9.17, 15) is 24.9 Å². The molecule has 0 radical (unpaired) electrons. The minimum atomic E-state index is -1.26. The Labute approximate surface area is 265 Å². The number of hydrogen-bond donors (Lipinski definition) is 4. The van der Waals surface area contributed by atoms with Gasteiger partial charge in [-0.05, 0) is 99.6 Å². The maximum Gasteiger partial charge on any atom is 0.330 e. The zero-order chi connectivity index (χ0) is 33.5. The molecule has 4 rings (SSSR count). The molecule has 0 spiro atoms. The molecule has 2 aliphatic heterocycles. The van der Waals surface area contributed by atoms with E-state index in [-0.39, 0.29) is 35.0 Å². The van der Waals surface area contributed by atoms with Gasteiger partial charge in [-0.3, -0.25) is 4.79 Å². The van der Waals surface area contributed by atoms with Crippen molar-refractivity contribution in [3.63, 3.8) is 0 Å². The average Bonchev–Trinajstić information content (AvgIpc) is 3.38. The molecule has 1 aromatic carbocycles. The van der Waals surface area contributed by atoms with Gasteiger partial charge in [0.1, 0.15) is 34.5 Å². The molecule has 9 nitrogen and oxygen atoms in total. The maximum absolute atomic E-state index is 14.0. The zero-order valence-corrected chi connectivity index (χ0v) is 27.7. The lowest BCUT2D eigenvalue weighted by Gasteiger charge is -2.40. The lowest BCUT2D eigenvalue weighted by molar-refractivity contribution is -0.132. The van der Waals surface area contributed by atoms with Gasteiger partial charge < -0.3 is 34.6 Å². The number of hydrogen-bond acceptors (Lipinski definition) is 8. The fourth-order valence-corrected chi connectivity index (χ4v) is 6.10. The Hall–Kier alpha value is -3.40. The van der Waals surface area contributed by atoms with Crippen LogP contribution in [0.25, 0.3) is 6.08 Å². The van der Waals surface area contributed by atoms with Crippen molar-refractivity contribution in [2.45, 2.75) is 117 Å². The Morgan fingerprint density at radius 1 is 1.18 bits per heavy atom. The molecule has 2 unspecified atom stereocenters. The van der Waals surface area contributed by atoms with Crippen molar-refractivity contribution < 1.29 is 44.2 Å². The third-order valence-corrected chi connectivity index (χ3v) is 9.16. The lowest BCUT2D eigenvalue weighted by Crippen LogP contribution is -2.45. The van der Waals surface area contributed by atoms with Crippen LogP contribution in [0.5, 0.6) is 17.2 Å². The normalized spacial score (nSPS) is 23.3. The Balaban J connectivity index is 1.69. The van der Waals surface area contributed by atoms with E-state index in [0.29, 0.717) is 60.5 Å². The van der Waals surface area contributed by atoms with Gasteiger partial charge in [-0.15, -0.1) is 0 Å². The van der Waals surface area contributed by atoms with E-state index in [1.165, 1.54) is 0 Å². The van der Waals surface area contributed by atoms with Crippen molar-refractivity contribution in [3.05, 3.63) is 57.7 Å². The van der Waals surface area contributed by atoms with Crippen LogP contribution < -0.4 is 9.47 Å². The van der Waals surface area contributed by atoms with E-state index >= 15 is 0 Å². The minimum Gasteiger partial charge on any atom is -0.506 e. The van der Waals surface area contributed by atoms with E-state index in [0.717, 1.165) is 5.57 Å². The first kappa shape index (κ1) is 34.5. The smallest absolute Gasteiger partial charge is 0.330 e. The van der Waals surface area contributed by atoms with Crippen LogP contribution in [-0.2, 0) is 16.0 Å².